The number of rotatable bonds is 3. The van der Waals surface area contributed by atoms with Crippen molar-refractivity contribution in [1.82, 2.24) is 4.98 Å². The largest absolute Gasteiger partial charge is 0.312 e. The molecule has 1 N–H and O–H groups in total. The average molecular weight is 422 g/mol. The van der Waals surface area contributed by atoms with Crippen molar-refractivity contribution in [3.8, 4) is 11.3 Å². The Morgan fingerprint density at radius 3 is 2.50 bits per heavy atom. The van der Waals surface area contributed by atoms with E-state index in [1.807, 2.05) is 10.3 Å². The van der Waals surface area contributed by atoms with Gasteiger partial charge in [-0.25, -0.2) is 4.98 Å². The Morgan fingerprint density at radius 2 is 1.83 bits per heavy atom. The number of carbonyl (C=O) groups is 2. The van der Waals surface area contributed by atoms with Gasteiger partial charge in [0.25, 0.3) is 0 Å². The van der Waals surface area contributed by atoms with E-state index in [0.717, 1.165) is 66.9 Å². The summed E-state index contributed by atoms with van der Waals surface area (Å²) in [6.07, 6.45) is 8.10. The monoisotopic (exact) mass is 421 g/mol. The standard InChI is InChI=1S/C24H27N3O2S/c1-14(28)27-5-4-18-2-3-19(9-21(18)27)20-13-30-23(25-20)26-22(29)24-10-15-6-16(11-24)8-17(7-15)12-24/h2-3,9,13,15-17H,4-8,10-12H2,1H3,(H,25,26,29). The second-order valence-corrected chi connectivity index (χ2v) is 10.8. The van der Waals surface area contributed by atoms with Crippen LogP contribution < -0.4 is 10.2 Å². The third-order valence-corrected chi connectivity index (χ3v) is 8.66. The van der Waals surface area contributed by atoms with E-state index in [1.54, 1.807) is 6.92 Å². The summed E-state index contributed by atoms with van der Waals surface area (Å²) in [4.78, 5) is 31.8. The van der Waals surface area contributed by atoms with Gasteiger partial charge in [-0.05, 0) is 74.3 Å². The Balaban J connectivity index is 1.22. The van der Waals surface area contributed by atoms with E-state index in [-0.39, 0.29) is 17.2 Å². The van der Waals surface area contributed by atoms with Crippen LogP contribution in [0.4, 0.5) is 10.8 Å². The summed E-state index contributed by atoms with van der Waals surface area (Å²) in [5, 5.41) is 5.87. The molecule has 4 aliphatic carbocycles. The predicted molar refractivity (Wildman–Crippen MR) is 119 cm³/mol. The van der Waals surface area contributed by atoms with Gasteiger partial charge in [0, 0.05) is 30.1 Å². The van der Waals surface area contributed by atoms with Crippen molar-refractivity contribution in [3.05, 3.63) is 29.1 Å². The molecule has 1 aromatic carbocycles. The fraction of sp³-hybridized carbons (Fsp3) is 0.542. The predicted octanol–water partition coefficient (Wildman–Crippen LogP) is 4.87. The molecule has 30 heavy (non-hydrogen) atoms. The molecule has 0 unspecified atom stereocenters. The molecule has 4 bridgehead atoms. The molecular formula is C24H27N3O2S. The minimum absolute atomic E-state index is 0.0766. The summed E-state index contributed by atoms with van der Waals surface area (Å²) < 4.78 is 0. The fourth-order valence-corrected chi connectivity index (χ4v) is 7.66. The third-order valence-electron chi connectivity index (χ3n) is 7.90. The van der Waals surface area contributed by atoms with Crippen LogP contribution in [0.2, 0.25) is 0 Å². The summed E-state index contributed by atoms with van der Waals surface area (Å²) in [5.74, 6) is 2.53. The fourth-order valence-electron chi connectivity index (χ4n) is 6.95. The van der Waals surface area contributed by atoms with Crippen LogP contribution in [0.15, 0.2) is 23.6 Å². The number of amides is 2. The molecule has 5 nitrogen and oxygen atoms in total. The van der Waals surface area contributed by atoms with E-state index in [0.29, 0.717) is 5.13 Å². The van der Waals surface area contributed by atoms with Crippen LogP contribution in [0.1, 0.15) is 51.0 Å². The topological polar surface area (TPSA) is 62.3 Å². The van der Waals surface area contributed by atoms with Crippen molar-refractivity contribution in [2.45, 2.75) is 51.9 Å². The first-order valence-corrected chi connectivity index (χ1v) is 12.1. The Kier molecular flexibility index (Phi) is 4.11. The molecule has 2 amide bonds. The number of hydrogen-bond acceptors (Lipinski definition) is 4. The lowest BCUT2D eigenvalue weighted by Crippen LogP contribution is -2.51. The Hall–Kier alpha value is -2.21. The van der Waals surface area contributed by atoms with Crippen LogP contribution in [0, 0.1) is 23.2 Å². The van der Waals surface area contributed by atoms with E-state index in [9.17, 15) is 9.59 Å². The van der Waals surface area contributed by atoms with Crippen LogP contribution in [0.25, 0.3) is 11.3 Å². The number of thiazole rings is 1. The first-order valence-electron chi connectivity index (χ1n) is 11.2. The van der Waals surface area contributed by atoms with Crippen molar-refractivity contribution >= 4 is 34.0 Å². The number of nitrogens with one attached hydrogen (secondary N) is 1. The number of benzene rings is 1. The lowest BCUT2D eigenvalue weighted by Gasteiger charge is -2.55. The molecule has 1 aromatic heterocycles. The van der Waals surface area contributed by atoms with Gasteiger partial charge in [0.2, 0.25) is 11.8 Å². The average Bonchev–Trinajstić information content (AvgIpc) is 3.33. The summed E-state index contributed by atoms with van der Waals surface area (Å²) in [6.45, 7) is 2.36. The number of nitrogens with zero attached hydrogens (tertiary/aromatic N) is 2. The molecule has 6 heteroatoms. The third kappa shape index (κ3) is 2.91. The molecule has 4 saturated carbocycles. The van der Waals surface area contributed by atoms with Crippen LogP contribution in [-0.2, 0) is 16.0 Å². The second-order valence-electron chi connectivity index (χ2n) is 9.95. The zero-order valence-electron chi connectivity index (χ0n) is 17.3. The highest BCUT2D eigenvalue weighted by molar-refractivity contribution is 7.14. The van der Waals surface area contributed by atoms with Crippen LogP contribution in [0.3, 0.4) is 0 Å². The lowest BCUT2D eigenvalue weighted by atomic mass is 9.49. The smallest absolute Gasteiger partial charge is 0.232 e. The van der Waals surface area contributed by atoms with Gasteiger partial charge in [0.1, 0.15) is 0 Å². The highest BCUT2D eigenvalue weighted by Gasteiger charge is 2.54. The van der Waals surface area contributed by atoms with Crippen LogP contribution >= 0.6 is 11.3 Å². The van der Waals surface area contributed by atoms with Crippen molar-refractivity contribution in [1.29, 1.82) is 0 Å². The SMILES string of the molecule is CC(=O)N1CCc2ccc(-c3csc(NC(=O)C45CC6CC(CC(C6)C4)C5)n3)cc21. The van der Waals surface area contributed by atoms with Gasteiger partial charge in [0.15, 0.2) is 5.13 Å². The molecule has 0 radical (unpaired) electrons. The van der Waals surface area contributed by atoms with Crippen molar-refractivity contribution in [3.63, 3.8) is 0 Å². The van der Waals surface area contributed by atoms with Crippen LogP contribution in [0.5, 0.6) is 0 Å². The van der Waals surface area contributed by atoms with Crippen molar-refractivity contribution < 1.29 is 9.59 Å². The minimum Gasteiger partial charge on any atom is -0.312 e. The Morgan fingerprint density at radius 1 is 1.13 bits per heavy atom. The van der Waals surface area contributed by atoms with E-state index >= 15 is 0 Å². The first kappa shape index (κ1) is 18.6. The van der Waals surface area contributed by atoms with Crippen LogP contribution in [-0.4, -0.2) is 23.3 Å². The maximum atomic E-state index is 13.3. The summed E-state index contributed by atoms with van der Waals surface area (Å²) in [7, 11) is 0. The van der Waals surface area contributed by atoms with E-state index in [1.165, 1.54) is 36.2 Å². The lowest BCUT2D eigenvalue weighted by molar-refractivity contribution is -0.140. The number of aromatic nitrogens is 1. The van der Waals surface area contributed by atoms with Gasteiger partial charge in [-0.2, -0.15) is 0 Å². The summed E-state index contributed by atoms with van der Waals surface area (Å²) in [6, 6.07) is 6.23. The zero-order valence-corrected chi connectivity index (χ0v) is 18.1. The molecule has 2 aromatic rings. The first-order chi connectivity index (χ1) is 14.5. The van der Waals surface area contributed by atoms with Gasteiger partial charge in [-0.3, -0.25) is 9.59 Å². The molecule has 0 atom stereocenters. The molecule has 156 valence electrons. The zero-order chi connectivity index (χ0) is 20.5. The highest BCUT2D eigenvalue weighted by atomic mass is 32.1. The van der Waals surface area contributed by atoms with E-state index in [4.69, 9.17) is 4.98 Å². The minimum atomic E-state index is -0.157. The quantitative estimate of drug-likeness (QED) is 0.769. The van der Waals surface area contributed by atoms with E-state index in [2.05, 4.69) is 23.5 Å². The Labute approximate surface area is 180 Å². The Bertz CT molecular complexity index is 1010. The molecule has 7 rings (SSSR count). The van der Waals surface area contributed by atoms with Gasteiger partial charge in [-0.1, -0.05) is 12.1 Å². The van der Waals surface area contributed by atoms with Crippen molar-refractivity contribution in [2.75, 3.05) is 16.8 Å². The van der Waals surface area contributed by atoms with Gasteiger partial charge < -0.3 is 10.2 Å². The molecule has 0 saturated heterocycles. The van der Waals surface area contributed by atoms with Crippen molar-refractivity contribution in [2.24, 2.45) is 23.2 Å². The second kappa shape index (κ2) is 6.64. The molecular weight excluding hydrogens is 394 g/mol. The maximum absolute atomic E-state index is 13.3. The van der Waals surface area contributed by atoms with Gasteiger partial charge in [0.05, 0.1) is 11.1 Å². The van der Waals surface area contributed by atoms with E-state index < -0.39 is 0 Å². The molecule has 2 heterocycles. The molecule has 4 fully saturated rings. The number of carbonyl (C=O) groups excluding carboxylic acids is 2. The van der Waals surface area contributed by atoms with Gasteiger partial charge >= 0.3 is 0 Å². The number of anilines is 2. The molecule has 0 spiro atoms. The highest BCUT2D eigenvalue weighted by Crippen LogP contribution is 2.60. The summed E-state index contributed by atoms with van der Waals surface area (Å²) in [5.41, 5.74) is 3.90. The van der Waals surface area contributed by atoms with Gasteiger partial charge in [-0.15, -0.1) is 11.3 Å². The number of fused-ring (bicyclic) bond motifs is 1. The normalized spacial score (nSPS) is 31.1. The molecule has 5 aliphatic rings. The molecule has 1 aliphatic heterocycles. The maximum Gasteiger partial charge on any atom is 0.232 e. The summed E-state index contributed by atoms with van der Waals surface area (Å²) >= 11 is 1.49. The number of hydrogen-bond donors (Lipinski definition) is 1.